The third-order valence-electron chi connectivity index (χ3n) is 6.07. The van der Waals surface area contributed by atoms with Crippen molar-refractivity contribution in [1.29, 1.82) is 0 Å². The third-order valence-corrected chi connectivity index (χ3v) is 6.07. The Balaban J connectivity index is 1.66. The number of carbonyl (C=O) groups excluding carboxylic acids is 2. The van der Waals surface area contributed by atoms with E-state index in [4.69, 9.17) is 9.47 Å². The molecule has 1 amide bonds. The first-order valence-electron chi connectivity index (χ1n) is 11.0. The summed E-state index contributed by atoms with van der Waals surface area (Å²) in [6.07, 6.45) is 0.677. The topological polar surface area (TPSA) is 79.3 Å². The molecule has 2 fully saturated rings. The van der Waals surface area contributed by atoms with Gasteiger partial charge >= 0.3 is 0 Å². The molecule has 2 saturated heterocycles. The number of benzene rings is 2. The minimum absolute atomic E-state index is 0.00291. The molecule has 2 aliphatic heterocycles. The van der Waals surface area contributed by atoms with Gasteiger partial charge in [0.2, 0.25) is 0 Å². The summed E-state index contributed by atoms with van der Waals surface area (Å²) in [6, 6.07) is 11.5. The predicted molar refractivity (Wildman–Crippen MR) is 120 cm³/mol. The van der Waals surface area contributed by atoms with Crippen LogP contribution in [0.5, 0.6) is 5.75 Å². The highest BCUT2D eigenvalue weighted by atomic mass is 19.1. The highest BCUT2D eigenvalue weighted by Gasteiger charge is 2.45. The van der Waals surface area contributed by atoms with Crippen molar-refractivity contribution in [3.05, 3.63) is 71.0 Å². The van der Waals surface area contributed by atoms with Crippen molar-refractivity contribution in [2.75, 3.05) is 46.5 Å². The zero-order valence-corrected chi connectivity index (χ0v) is 18.5. The second-order valence-electron chi connectivity index (χ2n) is 8.08. The maximum Gasteiger partial charge on any atom is 0.295 e. The molecule has 0 aromatic heterocycles. The fourth-order valence-corrected chi connectivity index (χ4v) is 4.30. The lowest BCUT2D eigenvalue weighted by atomic mass is 9.95. The molecular formula is C25H27FN2O5. The van der Waals surface area contributed by atoms with Gasteiger partial charge in [-0.05, 0) is 48.4 Å². The quantitative estimate of drug-likeness (QED) is 0.394. The first kappa shape index (κ1) is 22.9. The molecular weight excluding hydrogens is 427 g/mol. The van der Waals surface area contributed by atoms with E-state index in [2.05, 4.69) is 4.90 Å². The average molecular weight is 454 g/mol. The van der Waals surface area contributed by atoms with Gasteiger partial charge in [0.05, 0.1) is 31.9 Å². The molecule has 0 saturated carbocycles. The number of likely N-dealkylation sites (tertiary alicyclic amines) is 1. The van der Waals surface area contributed by atoms with Crippen molar-refractivity contribution in [3.8, 4) is 5.75 Å². The van der Waals surface area contributed by atoms with Crippen LogP contribution in [0.2, 0.25) is 0 Å². The predicted octanol–water partition coefficient (Wildman–Crippen LogP) is 2.98. The summed E-state index contributed by atoms with van der Waals surface area (Å²) in [5, 5.41) is 11.0. The summed E-state index contributed by atoms with van der Waals surface area (Å²) in [7, 11) is 1.56. The molecule has 1 N–H and O–H groups in total. The molecule has 2 aliphatic rings. The summed E-state index contributed by atoms with van der Waals surface area (Å²) in [4.78, 5) is 29.8. The first-order chi connectivity index (χ1) is 16.0. The van der Waals surface area contributed by atoms with Gasteiger partial charge in [0.25, 0.3) is 11.7 Å². The van der Waals surface area contributed by atoms with Gasteiger partial charge in [0.15, 0.2) is 0 Å². The van der Waals surface area contributed by atoms with E-state index in [1.165, 1.54) is 29.2 Å². The lowest BCUT2D eigenvalue weighted by molar-refractivity contribution is -0.140. The molecule has 1 atom stereocenters. The summed E-state index contributed by atoms with van der Waals surface area (Å²) in [5.41, 5.74) is 0.967. The number of carbonyl (C=O) groups is 2. The van der Waals surface area contributed by atoms with Crippen LogP contribution in [-0.4, -0.2) is 73.1 Å². The van der Waals surface area contributed by atoms with Gasteiger partial charge in [-0.1, -0.05) is 12.1 Å². The summed E-state index contributed by atoms with van der Waals surface area (Å²) in [6.45, 7) is 4.19. The van der Waals surface area contributed by atoms with Crippen molar-refractivity contribution < 1.29 is 28.6 Å². The van der Waals surface area contributed by atoms with Crippen LogP contribution in [0.1, 0.15) is 23.6 Å². The van der Waals surface area contributed by atoms with Crippen LogP contribution in [-0.2, 0) is 14.3 Å². The number of Topliss-reactive ketones (excluding diaryl/α,β-unsaturated/α-hetero) is 1. The van der Waals surface area contributed by atoms with Gasteiger partial charge in [0.1, 0.15) is 17.3 Å². The maximum atomic E-state index is 13.4. The molecule has 0 bridgehead atoms. The maximum absolute atomic E-state index is 13.4. The van der Waals surface area contributed by atoms with Crippen molar-refractivity contribution in [3.63, 3.8) is 0 Å². The molecule has 2 heterocycles. The van der Waals surface area contributed by atoms with E-state index in [0.717, 1.165) is 19.6 Å². The molecule has 174 valence electrons. The SMILES string of the molecule is COc1ccc(C2/C(=C(\O)c3ccc(F)cc3)C(=O)C(=O)N2CCCN2CCOCC2)cc1. The zero-order valence-electron chi connectivity index (χ0n) is 18.5. The lowest BCUT2D eigenvalue weighted by Crippen LogP contribution is -2.38. The Hall–Kier alpha value is -3.23. The Bertz CT molecular complexity index is 1030. The number of aliphatic hydroxyl groups excluding tert-OH is 1. The van der Waals surface area contributed by atoms with Gasteiger partial charge in [-0.15, -0.1) is 0 Å². The normalized spacial score (nSPS) is 20.9. The van der Waals surface area contributed by atoms with E-state index >= 15 is 0 Å². The van der Waals surface area contributed by atoms with E-state index < -0.39 is 23.5 Å². The number of morpholine rings is 1. The third kappa shape index (κ3) is 4.91. The molecule has 1 unspecified atom stereocenters. The Labute approximate surface area is 192 Å². The number of methoxy groups -OCH3 is 1. The van der Waals surface area contributed by atoms with Gasteiger partial charge in [-0.3, -0.25) is 14.5 Å². The lowest BCUT2D eigenvalue weighted by Gasteiger charge is -2.29. The number of ether oxygens (including phenoxy) is 2. The number of amides is 1. The van der Waals surface area contributed by atoms with Crippen LogP contribution >= 0.6 is 0 Å². The Morgan fingerprint density at radius 3 is 2.36 bits per heavy atom. The highest BCUT2D eigenvalue weighted by molar-refractivity contribution is 6.46. The van der Waals surface area contributed by atoms with Crippen LogP contribution in [0.25, 0.3) is 5.76 Å². The molecule has 2 aromatic rings. The molecule has 8 heteroatoms. The van der Waals surface area contributed by atoms with E-state index in [1.54, 1.807) is 31.4 Å². The highest BCUT2D eigenvalue weighted by Crippen LogP contribution is 2.39. The van der Waals surface area contributed by atoms with Crippen molar-refractivity contribution >= 4 is 17.4 Å². The van der Waals surface area contributed by atoms with E-state index in [0.29, 0.717) is 37.5 Å². The minimum Gasteiger partial charge on any atom is -0.507 e. The van der Waals surface area contributed by atoms with Crippen LogP contribution in [0.3, 0.4) is 0 Å². The second kappa shape index (κ2) is 10.1. The number of hydrogen-bond donors (Lipinski definition) is 1. The monoisotopic (exact) mass is 454 g/mol. The van der Waals surface area contributed by atoms with Gasteiger partial charge in [-0.2, -0.15) is 0 Å². The first-order valence-corrected chi connectivity index (χ1v) is 11.0. The minimum atomic E-state index is -0.746. The summed E-state index contributed by atoms with van der Waals surface area (Å²) < 4.78 is 24.0. The number of hydrogen-bond acceptors (Lipinski definition) is 6. The number of halogens is 1. The number of rotatable bonds is 7. The van der Waals surface area contributed by atoms with Crippen LogP contribution < -0.4 is 4.74 Å². The van der Waals surface area contributed by atoms with Gasteiger partial charge in [-0.25, -0.2) is 4.39 Å². The Morgan fingerprint density at radius 1 is 1.06 bits per heavy atom. The van der Waals surface area contributed by atoms with Crippen LogP contribution in [0, 0.1) is 5.82 Å². The van der Waals surface area contributed by atoms with Crippen molar-refractivity contribution in [2.45, 2.75) is 12.5 Å². The fraction of sp³-hybridized carbons (Fsp3) is 0.360. The van der Waals surface area contributed by atoms with Gasteiger partial charge in [0, 0.05) is 31.7 Å². The van der Waals surface area contributed by atoms with E-state index in [-0.39, 0.29) is 16.9 Å². The molecule has 2 aromatic carbocycles. The van der Waals surface area contributed by atoms with Gasteiger partial charge < -0.3 is 19.5 Å². The number of ketones is 1. The van der Waals surface area contributed by atoms with Crippen LogP contribution in [0.4, 0.5) is 4.39 Å². The van der Waals surface area contributed by atoms with Crippen LogP contribution in [0.15, 0.2) is 54.1 Å². The molecule has 4 rings (SSSR count). The summed E-state index contributed by atoms with van der Waals surface area (Å²) >= 11 is 0. The van der Waals surface area contributed by atoms with Crippen molar-refractivity contribution in [2.24, 2.45) is 0 Å². The molecule has 33 heavy (non-hydrogen) atoms. The molecule has 7 nitrogen and oxygen atoms in total. The Kier molecular flexibility index (Phi) is 7.05. The second-order valence-corrected chi connectivity index (χ2v) is 8.08. The number of aliphatic hydroxyl groups is 1. The van der Waals surface area contributed by atoms with E-state index in [9.17, 15) is 19.1 Å². The molecule has 0 aliphatic carbocycles. The standard InChI is InChI=1S/C25H27FN2O5/c1-32-20-9-5-17(6-10-20)22-21(23(29)18-3-7-19(26)8-4-18)24(30)25(31)28(22)12-2-11-27-13-15-33-16-14-27/h3-10,22,29H,2,11-16H2,1H3/b23-21+. The smallest absolute Gasteiger partial charge is 0.295 e. The largest absolute Gasteiger partial charge is 0.507 e. The van der Waals surface area contributed by atoms with Crippen molar-refractivity contribution in [1.82, 2.24) is 9.80 Å². The zero-order chi connectivity index (χ0) is 23.4. The average Bonchev–Trinajstić information content (AvgIpc) is 3.10. The molecule has 0 radical (unpaired) electrons. The molecule has 0 spiro atoms. The number of nitrogens with zero attached hydrogens (tertiary/aromatic N) is 2. The fourth-order valence-electron chi connectivity index (χ4n) is 4.30. The van der Waals surface area contributed by atoms with E-state index in [1.807, 2.05) is 0 Å². The summed E-state index contributed by atoms with van der Waals surface area (Å²) in [5.74, 6) is -1.53. The Morgan fingerprint density at radius 2 is 1.73 bits per heavy atom.